The van der Waals surface area contributed by atoms with Crippen LogP contribution in [-0.4, -0.2) is 21.1 Å². The van der Waals surface area contributed by atoms with Crippen molar-refractivity contribution in [3.63, 3.8) is 0 Å². The van der Waals surface area contributed by atoms with Gasteiger partial charge in [0.15, 0.2) is 6.29 Å². The van der Waals surface area contributed by atoms with Crippen molar-refractivity contribution in [1.82, 2.24) is 14.8 Å². The van der Waals surface area contributed by atoms with Gasteiger partial charge in [0.05, 0.1) is 5.69 Å². The van der Waals surface area contributed by atoms with Gasteiger partial charge < -0.3 is 0 Å². The number of nitrogens with zero attached hydrogens (tertiary/aromatic N) is 3. The van der Waals surface area contributed by atoms with Gasteiger partial charge in [-0.25, -0.2) is 0 Å². The molecule has 0 aliphatic rings. The van der Waals surface area contributed by atoms with Crippen molar-refractivity contribution in [2.24, 2.45) is 7.05 Å². The van der Waals surface area contributed by atoms with Gasteiger partial charge >= 0.3 is 0 Å². The van der Waals surface area contributed by atoms with Crippen LogP contribution >= 0.6 is 0 Å². The molecule has 2 heterocycles. The molecule has 0 saturated carbocycles. The summed E-state index contributed by atoms with van der Waals surface area (Å²) in [5.41, 5.74) is 2.24. The lowest BCUT2D eigenvalue weighted by molar-refractivity contribution is 0.111. The summed E-state index contributed by atoms with van der Waals surface area (Å²) < 4.78 is 1.55. The predicted octanol–water partition coefficient (Wildman–Crippen LogP) is 1.29. The van der Waals surface area contributed by atoms with Crippen molar-refractivity contribution in [3.8, 4) is 11.3 Å². The normalized spacial score (nSPS) is 10.1. The third-order valence-corrected chi connectivity index (χ3v) is 1.99. The molecule has 0 atom stereocenters. The second kappa shape index (κ2) is 3.41. The summed E-state index contributed by atoms with van der Waals surface area (Å²) in [5.74, 6) is 0. The molecular formula is C10H9N3O. The Morgan fingerprint density at radius 1 is 1.50 bits per heavy atom. The van der Waals surface area contributed by atoms with E-state index in [9.17, 15) is 4.79 Å². The lowest BCUT2D eigenvalue weighted by Crippen LogP contribution is -1.95. The second-order valence-electron chi connectivity index (χ2n) is 2.94. The SMILES string of the molecule is Cn1nc(-c2cccnc2)cc1C=O. The van der Waals surface area contributed by atoms with Crippen LogP contribution in [-0.2, 0) is 7.05 Å². The molecule has 70 valence electrons. The van der Waals surface area contributed by atoms with E-state index in [-0.39, 0.29) is 0 Å². The first-order valence-electron chi connectivity index (χ1n) is 4.21. The lowest BCUT2D eigenvalue weighted by atomic mass is 10.2. The number of pyridine rings is 1. The first kappa shape index (κ1) is 8.62. The molecule has 2 rings (SSSR count). The zero-order valence-electron chi connectivity index (χ0n) is 7.71. The highest BCUT2D eigenvalue weighted by molar-refractivity contribution is 5.75. The van der Waals surface area contributed by atoms with Crippen LogP contribution in [0.3, 0.4) is 0 Å². The molecule has 0 N–H and O–H groups in total. The summed E-state index contributed by atoms with van der Waals surface area (Å²) in [7, 11) is 1.74. The largest absolute Gasteiger partial charge is 0.296 e. The van der Waals surface area contributed by atoms with Gasteiger partial charge in [0.1, 0.15) is 5.69 Å². The number of hydrogen-bond acceptors (Lipinski definition) is 3. The molecule has 14 heavy (non-hydrogen) atoms. The molecule has 2 aromatic rings. The maximum absolute atomic E-state index is 10.6. The maximum Gasteiger partial charge on any atom is 0.168 e. The Labute approximate surface area is 81.2 Å². The highest BCUT2D eigenvalue weighted by Crippen LogP contribution is 2.16. The van der Waals surface area contributed by atoms with Crippen molar-refractivity contribution in [3.05, 3.63) is 36.3 Å². The number of carbonyl (C=O) groups excluding carboxylic acids is 1. The fourth-order valence-electron chi connectivity index (χ4n) is 1.25. The quantitative estimate of drug-likeness (QED) is 0.665. The van der Waals surface area contributed by atoms with Crippen LogP contribution in [0, 0.1) is 0 Å². The Morgan fingerprint density at radius 3 is 2.93 bits per heavy atom. The Morgan fingerprint density at radius 2 is 2.36 bits per heavy atom. The topological polar surface area (TPSA) is 47.8 Å². The van der Waals surface area contributed by atoms with Gasteiger partial charge in [0.25, 0.3) is 0 Å². The summed E-state index contributed by atoms with van der Waals surface area (Å²) >= 11 is 0. The van der Waals surface area contributed by atoms with Crippen LogP contribution in [0.4, 0.5) is 0 Å². The van der Waals surface area contributed by atoms with Crippen molar-refractivity contribution in [2.45, 2.75) is 0 Å². The van der Waals surface area contributed by atoms with Crippen LogP contribution in [0.5, 0.6) is 0 Å². The zero-order chi connectivity index (χ0) is 9.97. The molecule has 2 aromatic heterocycles. The van der Waals surface area contributed by atoms with E-state index in [1.165, 1.54) is 0 Å². The number of hydrogen-bond donors (Lipinski definition) is 0. The molecule has 0 fully saturated rings. The summed E-state index contributed by atoms with van der Waals surface area (Å²) in [6.45, 7) is 0. The molecule has 0 aliphatic carbocycles. The van der Waals surface area contributed by atoms with Gasteiger partial charge in [-0.05, 0) is 18.2 Å². The predicted molar refractivity (Wildman–Crippen MR) is 51.8 cm³/mol. The van der Waals surface area contributed by atoms with E-state index < -0.39 is 0 Å². The van der Waals surface area contributed by atoms with Crippen molar-refractivity contribution >= 4 is 6.29 Å². The summed E-state index contributed by atoms with van der Waals surface area (Å²) in [6, 6.07) is 5.48. The van der Waals surface area contributed by atoms with Crippen LogP contribution in [0.15, 0.2) is 30.6 Å². The molecule has 0 radical (unpaired) electrons. The fraction of sp³-hybridized carbons (Fsp3) is 0.100. The van der Waals surface area contributed by atoms with Gasteiger partial charge in [-0.2, -0.15) is 5.10 Å². The zero-order valence-corrected chi connectivity index (χ0v) is 7.71. The second-order valence-corrected chi connectivity index (χ2v) is 2.94. The number of aromatic nitrogens is 3. The average Bonchev–Trinajstić information content (AvgIpc) is 2.61. The Hall–Kier alpha value is -1.97. The third-order valence-electron chi connectivity index (χ3n) is 1.99. The van der Waals surface area contributed by atoms with E-state index >= 15 is 0 Å². The van der Waals surface area contributed by atoms with Gasteiger partial charge in [-0.1, -0.05) is 0 Å². The van der Waals surface area contributed by atoms with E-state index in [4.69, 9.17) is 0 Å². The molecular weight excluding hydrogens is 178 g/mol. The Kier molecular flexibility index (Phi) is 2.10. The number of rotatable bonds is 2. The van der Waals surface area contributed by atoms with Crippen LogP contribution in [0.2, 0.25) is 0 Å². The van der Waals surface area contributed by atoms with Crippen molar-refractivity contribution < 1.29 is 4.79 Å². The molecule has 0 amide bonds. The van der Waals surface area contributed by atoms with E-state index in [0.29, 0.717) is 5.69 Å². The molecule has 0 spiro atoms. The maximum atomic E-state index is 10.6. The Balaban J connectivity index is 2.48. The highest BCUT2D eigenvalue weighted by atomic mass is 16.1. The Bertz CT molecular complexity index is 448. The molecule has 0 aromatic carbocycles. The minimum Gasteiger partial charge on any atom is -0.296 e. The molecule has 0 unspecified atom stereocenters. The van der Waals surface area contributed by atoms with E-state index in [2.05, 4.69) is 10.1 Å². The minimum absolute atomic E-state index is 0.559. The third kappa shape index (κ3) is 1.42. The number of aldehydes is 1. The van der Waals surface area contributed by atoms with Gasteiger partial charge in [0.2, 0.25) is 0 Å². The smallest absolute Gasteiger partial charge is 0.168 e. The van der Waals surface area contributed by atoms with E-state index in [1.54, 1.807) is 30.2 Å². The summed E-state index contributed by atoms with van der Waals surface area (Å²) in [6.07, 6.45) is 4.21. The monoisotopic (exact) mass is 187 g/mol. The van der Waals surface area contributed by atoms with Crippen LogP contribution in [0.1, 0.15) is 10.5 Å². The van der Waals surface area contributed by atoms with Gasteiger partial charge in [-0.15, -0.1) is 0 Å². The molecule has 4 heteroatoms. The van der Waals surface area contributed by atoms with Crippen LogP contribution < -0.4 is 0 Å². The van der Waals surface area contributed by atoms with Gasteiger partial charge in [-0.3, -0.25) is 14.5 Å². The summed E-state index contributed by atoms with van der Waals surface area (Å²) in [5, 5.41) is 4.20. The van der Waals surface area contributed by atoms with Crippen LogP contribution in [0.25, 0.3) is 11.3 Å². The number of aryl methyl sites for hydroxylation is 1. The average molecular weight is 187 g/mol. The standard InChI is InChI=1S/C10H9N3O/c1-13-9(7-14)5-10(12-13)8-3-2-4-11-6-8/h2-7H,1H3. The minimum atomic E-state index is 0.559. The van der Waals surface area contributed by atoms with E-state index in [0.717, 1.165) is 17.5 Å². The highest BCUT2D eigenvalue weighted by Gasteiger charge is 2.05. The van der Waals surface area contributed by atoms with Crippen molar-refractivity contribution in [2.75, 3.05) is 0 Å². The molecule has 0 aliphatic heterocycles. The lowest BCUT2D eigenvalue weighted by Gasteiger charge is -1.92. The molecule has 0 saturated heterocycles. The first-order valence-corrected chi connectivity index (χ1v) is 4.21. The summed E-state index contributed by atoms with van der Waals surface area (Å²) in [4.78, 5) is 14.6. The molecule has 4 nitrogen and oxygen atoms in total. The first-order chi connectivity index (χ1) is 6.81. The number of carbonyl (C=O) groups is 1. The van der Waals surface area contributed by atoms with Crippen molar-refractivity contribution in [1.29, 1.82) is 0 Å². The van der Waals surface area contributed by atoms with Gasteiger partial charge in [0, 0.05) is 25.0 Å². The fourth-order valence-corrected chi connectivity index (χ4v) is 1.25. The van der Waals surface area contributed by atoms with E-state index in [1.807, 2.05) is 12.1 Å². The molecule has 0 bridgehead atoms.